The summed E-state index contributed by atoms with van der Waals surface area (Å²) in [5.41, 5.74) is 2.44. The van der Waals surface area contributed by atoms with E-state index in [2.05, 4.69) is 4.72 Å². The molecule has 142 valence electrons. The van der Waals surface area contributed by atoms with Gasteiger partial charge in [-0.15, -0.1) is 0 Å². The lowest BCUT2D eigenvalue weighted by molar-refractivity contribution is 0.101. The minimum atomic E-state index is -3.53. The van der Waals surface area contributed by atoms with Gasteiger partial charge in [0.05, 0.1) is 4.90 Å². The second-order valence-electron chi connectivity index (χ2n) is 5.49. The van der Waals surface area contributed by atoms with Gasteiger partial charge in [0, 0.05) is 18.7 Å². The van der Waals surface area contributed by atoms with Crippen LogP contribution in [0.3, 0.4) is 0 Å². The van der Waals surface area contributed by atoms with Gasteiger partial charge in [-0.3, -0.25) is 4.79 Å². The first-order chi connectivity index (χ1) is 12.4. The highest BCUT2D eigenvalue weighted by Crippen LogP contribution is 2.22. The maximum absolute atomic E-state index is 12.2. The number of hydrogen-bond acceptors (Lipinski definition) is 4. The summed E-state index contributed by atoms with van der Waals surface area (Å²) < 4.78 is 26.8. The third kappa shape index (κ3) is 6.37. The molecular formula is C20H27NO4S. The molecule has 0 aliphatic heterocycles. The SMILES string of the molecule is CC.CC(=O)c1ccc(-c2ccc(S(=O)(=O)NCCCCO)cc2)cc1. The lowest BCUT2D eigenvalue weighted by Crippen LogP contribution is -2.24. The van der Waals surface area contributed by atoms with Crippen molar-refractivity contribution < 1.29 is 18.3 Å². The van der Waals surface area contributed by atoms with E-state index < -0.39 is 10.0 Å². The van der Waals surface area contributed by atoms with Crippen molar-refractivity contribution in [2.45, 2.75) is 38.5 Å². The van der Waals surface area contributed by atoms with Crippen molar-refractivity contribution in [2.24, 2.45) is 0 Å². The first-order valence-electron chi connectivity index (χ1n) is 8.76. The zero-order valence-corrected chi connectivity index (χ0v) is 16.3. The van der Waals surface area contributed by atoms with E-state index in [1.807, 2.05) is 26.0 Å². The first kappa shape index (κ1) is 22.0. The van der Waals surface area contributed by atoms with Gasteiger partial charge in [0.25, 0.3) is 0 Å². The van der Waals surface area contributed by atoms with E-state index in [-0.39, 0.29) is 17.3 Å². The Morgan fingerprint density at radius 2 is 1.42 bits per heavy atom. The molecule has 0 unspecified atom stereocenters. The number of aliphatic hydroxyl groups is 1. The fourth-order valence-corrected chi connectivity index (χ4v) is 3.32. The van der Waals surface area contributed by atoms with Gasteiger partial charge in [-0.25, -0.2) is 13.1 Å². The lowest BCUT2D eigenvalue weighted by atomic mass is 10.0. The fraction of sp³-hybridized carbons (Fsp3) is 0.350. The Hall–Kier alpha value is -2.02. The predicted octanol–water partition coefficient (Wildman–Crippen LogP) is 3.63. The number of carbonyl (C=O) groups excluding carboxylic acids is 1. The van der Waals surface area contributed by atoms with E-state index in [0.717, 1.165) is 11.1 Å². The summed E-state index contributed by atoms with van der Waals surface area (Å²) in [4.78, 5) is 11.5. The molecule has 0 saturated heterocycles. The van der Waals surface area contributed by atoms with E-state index in [1.54, 1.807) is 36.4 Å². The maximum atomic E-state index is 12.2. The largest absolute Gasteiger partial charge is 0.396 e. The summed E-state index contributed by atoms with van der Waals surface area (Å²) in [7, 11) is -3.53. The standard InChI is InChI=1S/C18H21NO4S.C2H6/c1-14(21)15-4-6-16(7-5-15)17-8-10-18(11-9-17)24(22,23)19-12-2-3-13-20;1-2/h4-11,19-20H,2-3,12-13H2,1H3;1-2H3. The van der Waals surface area contributed by atoms with Gasteiger partial charge in [0.15, 0.2) is 5.78 Å². The summed E-state index contributed by atoms with van der Waals surface area (Å²) in [5.74, 6) is 0.00950. The Kier molecular flexibility index (Phi) is 9.19. The van der Waals surface area contributed by atoms with Crippen LogP contribution in [0.4, 0.5) is 0 Å². The number of unbranched alkanes of at least 4 members (excludes halogenated alkanes) is 1. The van der Waals surface area contributed by atoms with Gasteiger partial charge in [-0.2, -0.15) is 0 Å². The topological polar surface area (TPSA) is 83.5 Å². The quantitative estimate of drug-likeness (QED) is 0.543. The summed E-state index contributed by atoms with van der Waals surface area (Å²) in [6, 6.07) is 13.8. The number of hydrogen-bond donors (Lipinski definition) is 2. The molecule has 0 aliphatic rings. The van der Waals surface area contributed by atoms with Crippen LogP contribution in [0.2, 0.25) is 0 Å². The Bertz CT molecular complexity index is 782. The zero-order chi connectivity index (χ0) is 19.6. The number of Topliss-reactive ketones (excluding diaryl/α,β-unsaturated/α-hetero) is 1. The van der Waals surface area contributed by atoms with Crippen molar-refractivity contribution in [3.05, 3.63) is 54.1 Å². The van der Waals surface area contributed by atoms with E-state index in [1.165, 1.54) is 6.92 Å². The van der Waals surface area contributed by atoms with Crippen LogP contribution in [-0.2, 0) is 10.0 Å². The molecule has 0 aromatic heterocycles. The third-order valence-electron chi connectivity index (χ3n) is 3.67. The molecule has 6 heteroatoms. The number of sulfonamides is 1. The van der Waals surface area contributed by atoms with Crippen molar-refractivity contribution in [3.8, 4) is 11.1 Å². The number of carbonyl (C=O) groups is 1. The number of aliphatic hydroxyl groups excluding tert-OH is 1. The van der Waals surface area contributed by atoms with Gasteiger partial charge >= 0.3 is 0 Å². The molecule has 0 aliphatic carbocycles. The normalized spacial score (nSPS) is 10.8. The van der Waals surface area contributed by atoms with E-state index >= 15 is 0 Å². The summed E-state index contributed by atoms with van der Waals surface area (Å²) in [6.45, 7) is 5.87. The van der Waals surface area contributed by atoms with Crippen molar-refractivity contribution in [1.82, 2.24) is 4.72 Å². The molecule has 0 heterocycles. The van der Waals surface area contributed by atoms with E-state index in [0.29, 0.717) is 24.9 Å². The highest BCUT2D eigenvalue weighted by molar-refractivity contribution is 7.89. The number of benzene rings is 2. The van der Waals surface area contributed by atoms with Crippen LogP contribution in [0.25, 0.3) is 11.1 Å². The van der Waals surface area contributed by atoms with E-state index in [9.17, 15) is 13.2 Å². The molecule has 2 aromatic rings. The van der Waals surface area contributed by atoms with Crippen molar-refractivity contribution in [3.63, 3.8) is 0 Å². The molecule has 2 aromatic carbocycles. The van der Waals surface area contributed by atoms with Crippen LogP contribution in [-0.4, -0.2) is 32.5 Å². The predicted molar refractivity (Wildman–Crippen MR) is 105 cm³/mol. The average molecular weight is 378 g/mol. The van der Waals surface area contributed by atoms with Gasteiger partial charge in [0.2, 0.25) is 10.0 Å². The minimum absolute atomic E-state index is 0.00950. The van der Waals surface area contributed by atoms with Crippen molar-refractivity contribution in [2.75, 3.05) is 13.2 Å². The molecule has 0 saturated carbocycles. The lowest BCUT2D eigenvalue weighted by Gasteiger charge is -2.08. The molecule has 2 rings (SSSR count). The molecule has 2 N–H and O–H groups in total. The van der Waals surface area contributed by atoms with Gasteiger partial charge in [0.1, 0.15) is 0 Å². The smallest absolute Gasteiger partial charge is 0.240 e. The molecule has 26 heavy (non-hydrogen) atoms. The van der Waals surface area contributed by atoms with Crippen LogP contribution >= 0.6 is 0 Å². The van der Waals surface area contributed by atoms with Gasteiger partial charge < -0.3 is 5.11 Å². The summed E-state index contributed by atoms with van der Waals surface area (Å²) in [6.07, 6.45) is 1.16. The highest BCUT2D eigenvalue weighted by Gasteiger charge is 2.13. The number of ketones is 1. The van der Waals surface area contributed by atoms with Crippen LogP contribution in [0.5, 0.6) is 0 Å². The second-order valence-corrected chi connectivity index (χ2v) is 7.25. The fourth-order valence-electron chi connectivity index (χ4n) is 2.25. The second kappa shape index (κ2) is 10.9. The zero-order valence-electron chi connectivity index (χ0n) is 15.5. The minimum Gasteiger partial charge on any atom is -0.396 e. The van der Waals surface area contributed by atoms with Gasteiger partial charge in [-0.05, 0) is 43.0 Å². The highest BCUT2D eigenvalue weighted by atomic mass is 32.2. The summed E-state index contributed by atoms with van der Waals surface area (Å²) in [5, 5.41) is 8.70. The Balaban J connectivity index is 0.00000163. The average Bonchev–Trinajstić information content (AvgIpc) is 2.67. The van der Waals surface area contributed by atoms with Crippen LogP contribution in [0.15, 0.2) is 53.4 Å². The van der Waals surface area contributed by atoms with Gasteiger partial charge in [-0.1, -0.05) is 50.2 Å². The number of nitrogens with one attached hydrogen (secondary N) is 1. The van der Waals surface area contributed by atoms with Crippen LogP contribution in [0, 0.1) is 0 Å². The van der Waals surface area contributed by atoms with Crippen molar-refractivity contribution in [1.29, 1.82) is 0 Å². The Morgan fingerprint density at radius 1 is 0.923 bits per heavy atom. The summed E-state index contributed by atoms with van der Waals surface area (Å²) >= 11 is 0. The monoisotopic (exact) mass is 377 g/mol. The molecule has 0 fully saturated rings. The van der Waals surface area contributed by atoms with Crippen LogP contribution < -0.4 is 4.72 Å². The maximum Gasteiger partial charge on any atom is 0.240 e. The van der Waals surface area contributed by atoms with Crippen LogP contribution in [0.1, 0.15) is 44.0 Å². The molecule has 0 radical (unpaired) electrons. The molecule has 0 atom stereocenters. The van der Waals surface area contributed by atoms with Crippen molar-refractivity contribution >= 4 is 15.8 Å². The first-order valence-corrected chi connectivity index (χ1v) is 10.2. The third-order valence-corrected chi connectivity index (χ3v) is 5.14. The molecule has 5 nitrogen and oxygen atoms in total. The van der Waals surface area contributed by atoms with E-state index in [4.69, 9.17) is 5.11 Å². The molecule has 0 bridgehead atoms. The number of rotatable bonds is 8. The molecular weight excluding hydrogens is 350 g/mol. The molecule has 0 amide bonds. The Morgan fingerprint density at radius 3 is 1.88 bits per heavy atom. The molecule has 0 spiro atoms. The Labute approximate surface area is 156 Å².